The van der Waals surface area contributed by atoms with Crippen LogP contribution in [0.5, 0.6) is 0 Å². The number of rotatable bonds is 8. The monoisotopic (exact) mass is 218 g/mol. The Kier molecular flexibility index (Phi) is 8.70. The summed E-state index contributed by atoms with van der Waals surface area (Å²) < 4.78 is 9.77. The van der Waals surface area contributed by atoms with E-state index in [2.05, 4.69) is 15.4 Å². The Balaban J connectivity index is 3.11. The van der Waals surface area contributed by atoms with Gasteiger partial charge in [-0.15, -0.1) is 0 Å². The van der Waals surface area contributed by atoms with Crippen molar-refractivity contribution >= 4 is 11.8 Å². The van der Waals surface area contributed by atoms with Gasteiger partial charge in [0.25, 0.3) is 0 Å². The standard InChI is InChI=1S/C9H18N2O4/c1-8(12)10-3-5-15-6-4-11-9(13)7-14-2/h3-7H2,1-2H3,(H,10,12)(H,11,13). The Hall–Kier alpha value is -1.14. The molecular formula is C9H18N2O4. The fraction of sp³-hybridized carbons (Fsp3) is 0.778. The van der Waals surface area contributed by atoms with E-state index >= 15 is 0 Å². The molecule has 0 aromatic rings. The number of carbonyl (C=O) groups is 2. The number of amides is 2. The summed E-state index contributed by atoms with van der Waals surface area (Å²) in [5, 5.41) is 5.20. The van der Waals surface area contributed by atoms with Gasteiger partial charge in [0.05, 0.1) is 13.2 Å². The zero-order valence-electron chi connectivity index (χ0n) is 9.17. The van der Waals surface area contributed by atoms with Crippen molar-refractivity contribution in [1.29, 1.82) is 0 Å². The van der Waals surface area contributed by atoms with Crippen LogP contribution in [0.1, 0.15) is 6.92 Å². The lowest BCUT2D eigenvalue weighted by Gasteiger charge is -2.06. The summed E-state index contributed by atoms with van der Waals surface area (Å²) in [6.07, 6.45) is 0. The minimum atomic E-state index is -0.164. The number of nitrogens with one attached hydrogen (secondary N) is 2. The van der Waals surface area contributed by atoms with Gasteiger partial charge in [0.1, 0.15) is 6.61 Å². The lowest BCUT2D eigenvalue weighted by atomic mass is 10.5. The smallest absolute Gasteiger partial charge is 0.246 e. The van der Waals surface area contributed by atoms with Crippen LogP contribution >= 0.6 is 0 Å². The van der Waals surface area contributed by atoms with E-state index < -0.39 is 0 Å². The second-order valence-electron chi connectivity index (χ2n) is 2.88. The van der Waals surface area contributed by atoms with Crippen molar-refractivity contribution in [3.05, 3.63) is 0 Å². The number of ether oxygens (including phenoxy) is 2. The summed E-state index contributed by atoms with van der Waals surface area (Å²) in [4.78, 5) is 21.3. The van der Waals surface area contributed by atoms with Crippen LogP contribution in [0.15, 0.2) is 0 Å². The molecule has 88 valence electrons. The maximum atomic E-state index is 10.9. The van der Waals surface area contributed by atoms with Gasteiger partial charge in [-0.1, -0.05) is 0 Å². The predicted octanol–water partition coefficient (Wildman–Crippen LogP) is -1.10. The Morgan fingerprint density at radius 1 is 1.13 bits per heavy atom. The van der Waals surface area contributed by atoms with Crippen LogP contribution in [0.4, 0.5) is 0 Å². The summed E-state index contributed by atoms with van der Waals surface area (Å²) in [5.41, 5.74) is 0. The third-order valence-corrected chi connectivity index (χ3v) is 1.46. The van der Waals surface area contributed by atoms with Crippen LogP contribution in [0.2, 0.25) is 0 Å². The fourth-order valence-corrected chi connectivity index (χ4v) is 0.846. The molecule has 0 atom stereocenters. The first-order valence-electron chi connectivity index (χ1n) is 4.74. The second-order valence-corrected chi connectivity index (χ2v) is 2.88. The van der Waals surface area contributed by atoms with Crippen molar-refractivity contribution < 1.29 is 19.1 Å². The highest BCUT2D eigenvalue weighted by atomic mass is 16.5. The van der Waals surface area contributed by atoms with Gasteiger partial charge >= 0.3 is 0 Å². The van der Waals surface area contributed by atoms with E-state index in [1.807, 2.05) is 0 Å². The minimum Gasteiger partial charge on any atom is -0.378 e. The maximum Gasteiger partial charge on any atom is 0.246 e. The number of hydrogen-bond acceptors (Lipinski definition) is 4. The van der Waals surface area contributed by atoms with Gasteiger partial charge in [-0.25, -0.2) is 0 Å². The van der Waals surface area contributed by atoms with E-state index in [1.54, 1.807) is 0 Å². The van der Waals surface area contributed by atoms with Crippen molar-refractivity contribution in [1.82, 2.24) is 10.6 Å². The van der Waals surface area contributed by atoms with E-state index in [9.17, 15) is 9.59 Å². The summed E-state index contributed by atoms with van der Waals surface area (Å²) in [6.45, 7) is 3.31. The fourth-order valence-electron chi connectivity index (χ4n) is 0.846. The minimum absolute atomic E-state index is 0.0614. The van der Waals surface area contributed by atoms with E-state index in [4.69, 9.17) is 4.74 Å². The quantitative estimate of drug-likeness (QED) is 0.507. The largest absolute Gasteiger partial charge is 0.378 e. The van der Waals surface area contributed by atoms with E-state index in [0.717, 1.165) is 0 Å². The number of carbonyl (C=O) groups excluding carboxylic acids is 2. The second kappa shape index (κ2) is 9.42. The molecule has 0 bridgehead atoms. The van der Waals surface area contributed by atoms with Crippen molar-refractivity contribution in [2.45, 2.75) is 6.92 Å². The molecule has 0 aliphatic heterocycles. The average Bonchev–Trinajstić information content (AvgIpc) is 2.16. The molecule has 0 rings (SSSR count). The molecule has 6 heteroatoms. The van der Waals surface area contributed by atoms with E-state index in [0.29, 0.717) is 26.3 Å². The van der Waals surface area contributed by atoms with Gasteiger partial charge in [-0.2, -0.15) is 0 Å². The molecule has 0 spiro atoms. The van der Waals surface area contributed by atoms with Crippen LogP contribution in [0.25, 0.3) is 0 Å². The van der Waals surface area contributed by atoms with Gasteiger partial charge in [0.15, 0.2) is 0 Å². The van der Waals surface area contributed by atoms with Crippen LogP contribution < -0.4 is 10.6 Å². The first-order valence-corrected chi connectivity index (χ1v) is 4.74. The molecule has 15 heavy (non-hydrogen) atoms. The number of hydrogen-bond donors (Lipinski definition) is 2. The van der Waals surface area contributed by atoms with Crippen molar-refractivity contribution in [3.63, 3.8) is 0 Å². The molecular weight excluding hydrogens is 200 g/mol. The SMILES string of the molecule is COCC(=O)NCCOCCNC(C)=O. The molecule has 0 saturated carbocycles. The number of methoxy groups -OCH3 is 1. The zero-order valence-corrected chi connectivity index (χ0v) is 9.17. The Labute approximate surface area is 89.3 Å². The molecule has 2 amide bonds. The van der Waals surface area contributed by atoms with Gasteiger partial charge in [-0.05, 0) is 0 Å². The van der Waals surface area contributed by atoms with Gasteiger partial charge in [0.2, 0.25) is 11.8 Å². The molecule has 0 fully saturated rings. The molecule has 0 aliphatic carbocycles. The highest BCUT2D eigenvalue weighted by Crippen LogP contribution is 1.74. The molecule has 0 aromatic heterocycles. The van der Waals surface area contributed by atoms with Crippen LogP contribution in [-0.4, -0.2) is 51.8 Å². The van der Waals surface area contributed by atoms with Crippen molar-refractivity contribution in [2.24, 2.45) is 0 Å². The molecule has 0 saturated heterocycles. The van der Waals surface area contributed by atoms with Crippen molar-refractivity contribution in [3.8, 4) is 0 Å². The maximum absolute atomic E-state index is 10.9. The molecule has 0 aromatic carbocycles. The topological polar surface area (TPSA) is 76.7 Å². The molecule has 0 radical (unpaired) electrons. The van der Waals surface area contributed by atoms with Gasteiger partial charge in [0, 0.05) is 27.1 Å². The van der Waals surface area contributed by atoms with Crippen molar-refractivity contribution in [2.75, 3.05) is 40.0 Å². The third-order valence-electron chi connectivity index (χ3n) is 1.46. The highest BCUT2D eigenvalue weighted by molar-refractivity contribution is 5.77. The first kappa shape index (κ1) is 13.9. The lowest BCUT2D eigenvalue weighted by Crippen LogP contribution is -2.31. The first-order chi connectivity index (χ1) is 7.16. The molecule has 0 aliphatic rings. The summed E-state index contributed by atoms with van der Waals surface area (Å²) in [5.74, 6) is -0.241. The summed E-state index contributed by atoms with van der Waals surface area (Å²) in [6, 6.07) is 0. The molecule has 0 heterocycles. The van der Waals surface area contributed by atoms with Crippen LogP contribution in [0, 0.1) is 0 Å². The molecule has 0 unspecified atom stereocenters. The third kappa shape index (κ3) is 10.8. The normalized spacial score (nSPS) is 9.73. The Morgan fingerprint density at radius 3 is 2.27 bits per heavy atom. The Bertz CT molecular complexity index is 197. The average molecular weight is 218 g/mol. The van der Waals surface area contributed by atoms with Gasteiger partial charge < -0.3 is 20.1 Å². The molecule has 6 nitrogen and oxygen atoms in total. The summed E-state index contributed by atoms with van der Waals surface area (Å²) in [7, 11) is 1.46. The zero-order chi connectivity index (χ0) is 11.5. The lowest BCUT2D eigenvalue weighted by molar-refractivity contribution is -0.124. The van der Waals surface area contributed by atoms with E-state index in [1.165, 1.54) is 14.0 Å². The van der Waals surface area contributed by atoms with Gasteiger partial charge in [-0.3, -0.25) is 9.59 Å². The highest BCUT2D eigenvalue weighted by Gasteiger charge is 1.97. The van der Waals surface area contributed by atoms with Crippen LogP contribution in [0.3, 0.4) is 0 Å². The molecule has 2 N–H and O–H groups in total. The predicted molar refractivity (Wildman–Crippen MR) is 54.4 cm³/mol. The van der Waals surface area contributed by atoms with E-state index in [-0.39, 0.29) is 18.4 Å². The Morgan fingerprint density at radius 2 is 1.73 bits per heavy atom. The summed E-state index contributed by atoms with van der Waals surface area (Å²) >= 11 is 0. The van der Waals surface area contributed by atoms with Crippen LogP contribution in [-0.2, 0) is 19.1 Å².